The van der Waals surface area contributed by atoms with Gasteiger partial charge in [0.25, 0.3) is 5.91 Å². The number of ether oxygens (including phenoxy) is 1. The maximum Gasteiger partial charge on any atom is 0.267 e. The molecule has 1 atom stereocenters. The molecule has 1 aromatic carbocycles. The summed E-state index contributed by atoms with van der Waals surface area (Å²) in [6.45, 7) is -0.254. The van der Waals surface area contributed by atoms with E-state index >= 15 is 0 Å². The maximum atomic E-state index is 13.0. The molecular weight excluding hydrogens is 318 g/mol. The Balaban J connectivity index is 1.77. The number of halogens is 3. The standard InChI is InChI=1S/C14H13ClF2N2O3/c15-8-3-13(18-5-8)14(21)19-6-9(20)7-22-10-1-2-11(16)12(17)4-10/h1-5,9,18,20H,6-7H2,(H,19,21). The zero-order valence-corrected chi connectivity index (χ0v) is 12.0. The fraction of sp³-hybridized carbons (Fsp3) is 0.214. The SMILES string of the molecule is O=C(NCC(O)COc1ccc(F)c(F)c1)c1cc(Cl)c[nH]1. The van der Waals surface area contributed by atoms with E-state index in [-0.39, 0.29) is 24.6 Å². The zero-order chi connectivity index (χ0) is 16.1. The molecule has 3 N–H and O–H groups in total. The Bertz CT molecular complexity index is 663. The number of aromatic amines is 1. The second-order valence-corrected chi connectivity index (χ2v) is 4.92. The van der Waals surface area contributed by atoms with Crippen LogP contribution >= 0.6 is 11.6 Å². The van der Waals surface area contributed by atoms with Gasteiger partial charge in [0.2, 0.25) is 0 Å². The first kappa shape index (κ1) is 16.3. The van der Waals surface area contributed by atoms with Gasteiger partial charge < -0.3 is 20.1 Å². The number of carbonyl (C=O) groups is 1. The third kappa shape index (κ3) is 4.44. The van der Waals surface area contributed by atoms with Crippen molar-refractivity contribution in [2.24, 2.45) is 0 Å². The Kier molecular flexibility index (Phi) is 5.35. The number of amides is 1. The van der Waals surface area contributed by atoms with E-state index in [4.69, 9.17) is 16.3 Å². The van der Waals surface area contributed by atoms with Crippen LogP contribution in [0.3, 0.4) is 0 Å². The van der Waals surface area contributed by atoms with Crippen LogP contribution in [0.15, 0.2) is 30.5 Å². The van der Waals surface area contributed by atoms with Gasteiger partial charge in [-0.1, -0.05) is 11.6 Å². The van der Waals surface area contributed by atoms with E-state index in [1.54, 1.807) is 0 Å². The molecule has 0 fully saturated rings. The monoisotopic (exact) mass is 330 g/mol. The molecule has 0 saturated carbocycles. The average molecular weight is 331 g/mol. The third-order valence-electron chi connectivity index (χ3n) is 2.72. The van der Waals surface area contributed by atoms with E-state index in [9.17, 15) is 18.7 Å². The summed E-state index contributed by atoms with van der Waals surface area (Å²) in [5, 5.41) is 12.6. The molecule has 1 amide bonds. The minimum Gasteiger partial charge on any atom is -0.491 e. The Hall–Kier alpha value is -2.12. The van der Waals surface area contributed by atoms with Crippen molar-refractivity contribution in [3.05, 3.63) is 52.8 Å². The first-order valence-electron chi connectivity index (χ1n) is 6.33. The highest BCUT2D eigenvalue weighted by Gasteiger charge is 2.12. The molecule has 2 aromatic rings. The van der Waals surface area contributed by atoms with Crippen LogP contribution in [0, 0.1) is 11.6 Å². The van der Waals surface area contributed by atoms with E-state index < -0.39 is 23.6 Å². The van der Waals surface area contributed by atoms with Gasteiger partial charge in [0.15, 0.2) is 11.6 Å². The number of H-pyrrole nitrogens is 1. The molecular formula is C14H13ClF2N2O3. The Morgan fingerprint density at radius 2 is 2.14 bits per heavy atom. The lowest BCUT2D eigenvalue weighted by molar-refractivity contribution is 0.0839. The number of hydrogen-bond donors (Lipinski definition) is 3. The number of aliphatic hydroxyl groups excluding tert-OH is 1. The van der Waals surface area contributed by atoms with Crippen molar-refractivity contribution in [3.63, 3.8) is 0 Å². The second kappa shape index (κ2) is 7.24. The highest BCUT2D eigenvalue weighted by molar-refractivity contribution is 6.30. The molecule has 0 saturated heterocycles. The molecule has 0 aliphatic carbocycles. The Labute approximate surface area is 129 Å². The lowest BCUT2D eigenvalue weighted by Gasteiger charge is -2.13. The van der Waals surface area contributed by atoms with Gasteiger partial charge in [-0.15, -0.1) is 0 Å². The molecule has 0 spiro atoms. The van der Waals surface area contributed by atoms with Gasteiger partial charge in [-0.25, -0.2) is 8.78 Å². The molecule has 0 bridgehead atoms. The lowest BCUT2D eigenvalue weighted by atomic mass is 10.3. The van der Waals surface area contributed by atoms with Crippen molar-refractivity contribution >= 4 is 17.5 Å². The first-order valence-corrected chi connectivity index (χ1v) is 6.71. The number of hydrogen-bond acceptors (Lipinski definition) is 3. The molecule has 1 unspecified atom stereocenters. The second-order valence-electron chi connectivity index (χ2n) is 4.48. The van der Waals surface area contributed by atoms with Crippen LogP contribution in [0.1, 0.15) is 10.5 Å². The minimum atomic E-state index is -1.04. The van der Waals surface area contributed by atoms with Crippen molar-refractivity contribution in [1.29, 1.82) is 0 Å². The van der Waals surface area contributed by atoms with Gasteiger partial charge >= 0.3 is 0 Å². The highest BCUT2D eigenvalue weighted by Crippen LogP contribution is 2.15. The van der Waals surface area contributed by atoms with Crippen LogP contribution in [0.4, 0.5) is 8.78 Å². The molecule has 8 heteroatoms. The summed E-state index contributed by atoms with van der Waals surface area (Å²) in [4.78, 5) is 14.3. The van der Waals surface area contributed by atoms with Gasteiger partial charge in [0.1, 0.15) is 24.2 Å². The predicted octanol–water partition coefficient (Wildman–Crippen LogP) is 2.12. The van der Waals surface area contributed by atoms with Crippen LogP contribution in [0.2, 0.25) is 5.02 Å². The van der Waals surface area contributed by atoms with E-state index in [0.29, 0.717) is 5.02 Å². The molecule has 0 aliphatic heterocycles. The summed E-state index contributed by atoms with van der Waals surface area (Å²) >= 11 is 5.67. The van der Waals surface area contributed by atoms with Crippen molar-refractivity contribution < 1.29 is 23.4 Å². The first-order chi connectivity index (χ1) is 10.5. The Morgan fingerprint density at radius 3 is 2.77 bits per heavy atom. The normalized spacial score (nSPS) is 12.0. The topological polar surface area (TPSA) is 74.3 Å². The van der Waals surface area contributed by atoms with E-state index in [0.717, 1.165) is 12.1 Å². The van der Waals surface area contributed by atoms with Crippen molar-refractivity contribution in [2.75, 3.05) is 13.2 Å². The van der Waals surface area contributed by atoms with Gasteiger partial charge in [0.05, 0.1) is 5.02 Å². The molecule has 5 nitrogen and oxygen atoms in total. The smallest absolute Gasteiger partial charge is 0.267 e. The van der Waals surface area contributed by atoms with Gasteiger partial charge in [-0.3, -0.25) is 4.79 Å². The molecule has 1 aromatic heterocycles. The van der Waals surface area contributed by atoms with E-state index in [2.05, 4.69) is 10.3 Å². The van der Waals surface area contributed by atoms with Gasteiger partial charge in [0, 0.05) is 18.8 Å². The Morgan fingerprint density at radius 1 is 1.36 bits per heavy atom. The minimum absolute atomic E-state index is 0.0703. The van der Waals surface area contributed by atoms with Crippen LogP contribution in [0.25, 0.3) is 0 Å². The largest absolute Gasteiger partial charge is 0.491 e. The van der Waals surface area contributed by atoms with Crippen molar-refractivity contribution in [2.45, 2.75) is 6.10 Å². The number of aromatic nitrogens is 1. The number of benzene rings is 1. The summed E-state index contributed by atoms with van der Waals surface area (Å²) in [5.41, 5.74) is 0.263. The third-order valence-corrected chi connectivity index (χ3v) is 2.94. The van der Waals surface area contributed by atoms with Gasteiger partial charge in [-0.05, 0) is 18.2 Å². The van der Waals surface area contributed by atoms with Crippen LogP contribution in [-0.2, 0) is 0 Å². The molecule has 0 aliphatic rings. The molecule has 0 radical (unpaired) electrons. The summed E-state index contributed by atoms with van der Waals surface area (Å²) in [5.74, 6) is -2.37. The number of nitrogens with one attached hydrogen (secondary N) is 2. The van der Waals surface area contributed by atoms with Crippen molar-refractivity contribution in [1.82, 2.24) is 10.3 Å². The lowest BCUT2D eigenvalue weighted by Crippen LogP contribution is -2.35. The van der Waals surface area contributed by atoms with E-state index in [1.165, 1.54) is 18.3 Å². The molecule has 1 heterocycles. The van der Waals surface area contributed by atoms with Crippen LogP contribution < -0.4 is 10.1 Å². The number of rotatable bonds is 6. The van der Waals surface area contributed by atoms with Crippen LogP contribution in [-0.4, -0.2) is 35.3 Å². The fourth-order valence-corrected chi connectivity index (χ4v) is 1.79. The maximum absolute atomic E-state index is 13.0. The zero-order valence-electron chi connectivity index (χ0n) is 11.3. The number of carbonyl (C=O) groups excluding carboxylic acids is 1. The molecule has 2 rings (SSSR count). The molecule has 118 valence electrons. The fourth-order valence-electron chi connectivity index (χ4n) is 1.62. The predicted molar refractivity (Wildman–Crippen MR) is 76.0 cm³/mol. The van der Waals surface area contributed by atoms with Gasteiger partial charge in [-0.2, -0.15) is 0 Å². The summed E-state index contributed by atoms with van der Waals surface area (Å²) in [6, 6.07) is 4.49. The van der Waals surface area contributed by atoms with Crippen LogP contribution in [0.5, 0.6) is 5.75 Å². The van der Waals surface area contributed by atoms with Crippen molar-refractivity contribution in [3.8, 4) is 5.75 Å². The number of aliphatic hydroxyl groups is 1. The summed E-state index contributed by atoms with van der Waals surface area (Å²) in [6.07, 6.45) is 0.446. The average Bonchev–Trinajstić information content (AvgIpc) is 2.92. The molecule has 22 heavy (non-hydrogen) atoms. The summed E-state index contributed by atoms with van der Waals surface area (Å²) < 4.78 is 30.8. The quantitative estimate of drug-likeness (QED) is 0.759. The highest BCUT2D eigenvalue weighted by atomic mass is 35.5. The van der Waals surface area contributed by atoms with E-state index in [1.807, 2.05) is 0 Å². The summed E-state index contributed by atoms with van der Waals surface area (Å²) in [7, 11) is 0.